The van der Waals surface area contributed by atoms with Gasteiger partial charge in [-0.15, -0.1) is 0 Å². The Bertz CT molecular complexity index is 549. The lowest BCUT2D eigenvalue weighted by Gasteiger charge is -2.20. The Kier molecular flexibility index (Phi) is 10.3. The van der Waals surface area contributed by atoms with Crippen LogP contribution in [0.25, 0.3) is 0 Å². The fourth-order valence-electron chi connectivity index (χ4n) is 1.98. The molecule has 8 heteroatoms. The Morgan fingerprint density at radius 2 is 1.96 bits per heavy atom. The molecule has 1 aromatic rings. The lowest BCUT2D eigenvalue weighted by atomic mass is 10.2. The molecule has 1 aromatic heterocycles. The molecular formula is C18H30N4O4. The molecular weight excluding hydrogens is 336 g/mol. The summed E-state index contributed by atoms with van der Waals surface area (Å²) in [6, 6.07) is 3.75. The number of nitrogens with zero attached hydrogens (tertiary/aromatic N) is 2. The van der Waals surface area contributed by atoms with Gasteiger partial charge < -0.3 is 25.0 Å². The van der Waals surface area contributed by atoms with E-state index >= 15 is 0 Å². The molecule has 0 aliphatic heterocycles. The third-order valence-electron chi connectivity index (χ3n) is 3.84. The second-order valence-corrected chi connectivity index (χ2v) is 6.22. The first kappa shape index (κ1) is 21.9. The van der Waals surface area contributed by atoms with Crippen LogP contribution in [0.3, 0.4) is 0 Å². The molecule has 2 N–H and O–H groups in total. The highest BCUT2D eigenvalue weighted by atomic mass is 16.5. The first-order valence-electron chi connectivity index (χ1n) is 8.81. The summed E-state index contributed by atoms with van der Waals surface area (Å²) in [5.41, 5.74) is 0.433. The number of nitrogens with one attached hydrogen (secondary N) is 2. The van der Waals surface area contributed by atoms with E-state index in [0.29, 0.717) is 37.4 Å². The van der Waals surface area contributed by atoms with E-state index in [1.165, 1.54) is 6.20 Å². The SMILES string of the molecule is COCCOc1ccc(NC(=O)C(=O)NCCCCN(C)C(C)C)cn1. The van der Waals surface area contributed by atoms with E-state index in [0.717, 1.165) is 19.4 Å². The number of anilines is 1. The number of ether oxygens (including phenoxy) is 2. The summed E-state index contributed by atoms with van der Waals surface area (Å²) in [5.74, 6) is -0.933. The fraction of sp³-hybridized carbons (Fsp3) is 0.611. The molecule has 0 unspecified atom stereocenters. The highest BCUT2D eigenvalue weighted by Gasteiger charge is 2.13. The average molecular weight is 366 g/mol. The summed E-state index contributed by atoms with van der Waals surface area (Å²) < 4.78 is 10.2. The number of carbonyl (C=O) groups excluding carboxylic acids is 2. The highest BCUT2D eigenvalue weighted by Crippen LogP contribution is 2.11. The fourth-order valence-corrected chi connectivity index (χ4v) is 1.98. The normalized spacial score (nSPS) is 10.8. The quantitative estimate of drug-likeness (QED) is 0.453. The van der Waals surface area contributed by atoms with E-state index in [2.05, 4.69) is 41.4 Å². The minimum absolute atomic E-state index is 0.393. The second kappa shape index (κ2) is 12.2. The number of amides is 2. The molecule has 0 fully saturated rings. The summed E-state index contributed by atoms with van der Waals surface area (Å²) in [5, 5.41) is 5.13. The Hall–Kier alpha value is -2.19. The van der Waals surface area contributed by atoms with Crippen molar-refractivity contribution in [3.05, 3.63) is 18.3 Å². The maximum atomic E-state index is 11.9. The van der Waals surface area contributed by atoms with Crippen molar-refractivity contribution in [3.8, 4) is 5.88 Å². The van der Waals surface area contributed by atoms with Gasteiger partial charge in [-0.2, -0.15) is 0 Å². The Labute approximate surface area is 155 Å². The van der Waals surface area contributed by atoms with Crippen molar-refractivity contribution in [1.82, 2.24) is 15.2 Å². The molecule has 0 bridgehead atoms. The van der Waals surface area contributed by atoms with Crippen molar-refractivity contribution in [3.63, 3.8) is 0 Å². The molecule has 146 valence electrons. The van der Waals surface area contributed by atoms with Gasteiger partial charge in [0, 0.05) is 25.8 Å². The van der Waals surface area contributed by atoms with Gasteiger partial charge in [0.15, 0.2) is 0 Å². The van der Waals surface area contributed by atoms with Gasteiger partial charge in [0.25, 0.3) is 0 Å². The van der Waals surface area contributed by atoms with Crippen molar-refractivity contribution in [2.24, 2.45) is 0 Å². The highest BCUT2D eigenvalue weighted by molar-refractivity contribution is 6.39. The average Bonchev–Trinajstić information content (AvgIpc) is 2.62. The summed E-state index contributed by atoms with van der Waals surface area (Å²) >= 11 is 0. The van der Waals surface area contributed by atoms with E-state index in [9.17, 15) is 9.59 Å². The monoisotopic (exact) mass is 366 g/mol. The predicted octanol–water partition coefficient (Wildman–Crippen LogP) is 1.28. The van der Waals surface area contributed by atoms with E-state index in [4.69, 9.17) is 9.47 Å². The molecule has 0 spiro atoms. The summed E-state index contributed by atoms with van der Waals surface area (Å²) in [6.07, 6.45) is 3.23. The second-order valence-electron chi connectivity index (χ2n) is 6.22. The molecule has 0 radical (unpaired) electrons. The molecule has 0 saturated carbocycles. The zero-order valence-electron chi connectivity index (χ0n) is 16.1. The first-order valence-corrected chi connectivity index (χ1v) is 8.81. The molecule has 1 rings (SSSR count). The van der Waals surface area contributed by atoms with E-state index in [-0.39, 0.29) is 0 Å². The largest absolute Gasteiger partial charge is 0.475 e. The molecule has 1 heterocycles. The number of hydrogen-bond donors (Lipinski definition) is 2. The van der Waals surface area contributed by atoms with Crippen LogP contribution in [0.4, 0.5) is 5.69 Å². The molecule has 0 aliphatic rings. The van der Waals surface area contributed by atoms with Gasteiger partial charge in [0.1, 0.15) is 6.61 Å². The lowest BCUT2D eigenvalue weighted by Crippen LogP contribution is -2.36. The number of unbranched alkanes of at least 4 members (excludes halogenated alkanes) is 1. The van der Waals surface area contributed by atoms with Crippen LogP contribution in [0, 0.1) is 0 Å². The van der Waals surface area contributed by atoms with Crippen LogP contribution in [-0.4, -0.2) is 68.2 Å². The van der Waals surface area contributed by atoms with Gasteiger partial charge in [0.2, 0.25) is 5.88 Å². The zero-order chi connectivity index (χ0) is 19.4. The van der Waals surface area contributed by atoms with Crippen LogP contribution in [0.5, 0.6) is 5.88 Å². The third-order valence-corrected chi connectivity index (χ3v) is 3.84. The van der Waals surface area contributed by atoms with Gasteiger partial charge in [-0.1, -0.05) is 0 Å². The van der Waals surface area contributed by atoms with Crippen LogP contribution in [0.2, 0.25) is 0 Å². The summed E-state index contributed by atoms with van der Waals surface area (Å²) in [7, 11) is 3.66. The molecule has 26 heavy (non-hydrogen) atoms. The molecule has 0 atom stereocenters. The standard InChI is InChI=1S/C18H30N4O4/c1-14(2)22(3)10-6-5-9-19-17(23)18(24)21-15-7-8-16(20-13-15)26-12-11-25-4/h7-8,13-14H,5-6,9-12H2,1-4H3,(H,19,23)(H,21,24). The van der Waals surface area contributed by atoms with Gasteiger partial charge in [-0.25, -0.2) is 4.98 Å². The van der Waals surface area contributed by atoms with Crippen molar-refractivity contribution in [2.45, 2.75) is 32.7 Å². The number of methoxy groups -OCH3 is 1. The molecule has 2 amide bonds. The van der Waals surface area contributed by atoms with Gasteiger partial charge in [0.05, 0.1) is 18.5 Å². The van der Waals surface area contributed by atoms with Crippen molar-refractivity contribution in [1.29, 1.82) is 0 Å². The third kappa shape index (κ3) is 8.77. The van der Waals surface area contributed by atoms with Crippen molar-refractivity contribution >= 4 is 17.5 Å². The van der Waals surface area contributed by atoms with Gasteiger partial charge in [-0.05, 0) is 46.3 Å². The van der Waals surface area contributed by atoms with E-state index in [1.807, 2.05) is 0 Å². The number of rotatable bonds is 11. The predicted molar refractivity (Wildman–Crippen MR) is 100 cm³/mol. The van der Waals surface area contributed by atoms with Crippen LogP contribution in [-0.2, 0) is 14.3 Å². The zero-order valence-corrected chi connectivity index (χ0v) is 16.1. The van der Waals surface area contributed by atoms with Crippen LogP contribution >= 0.6 is 0 Å². The Morgan fingerprint density at radius 3 is 2.58 bits per heavy atom. The Morgan fingerprint density at radius 1 is 1.19 bits per heavy atom. The molecule has 0 aliphatic carbocycles. The number of pyridine rings is 1. The smallest absolute Gasteiger partial charge is 0.313 e. The number of carbonyl (C=O) groups is 2. The van der Waals surface area contributed by atoms with Crippen molar-refractivity contribution in [2.75, 3.05) is 45.8 Å². The van der Waals surface area contributed by atoms with Gasteiger partial charge >= 0.3 is 11.8 Å². The molecule has 0 aromatic carbocycles. The van der Waals surface area contributed by atoms with E-state index in [1.54, 1.807) is 19.2 Å². The number of hydrogen-bond acceptors (Lipinski definition) is 6. The lowest BCUT2D eigenvalue weighted by molar-refractivity contribution is -0.136. The van der Waals surface area contributed by atoms with Crippen molar-refractivity contribution < 1.29 is 19.1 Å². The maximum Gasteiger partial charge on any atom is 0.313 e. The number of aromatic nitrogens is 1. The maximum absolute atomic E-state index is 11.9. The Balaban J connectivity index is 2.26. The van der Waals surface area contributed by atoms with Crippen LogP contribution in [0.1, 0.15) is 26.7 Å². The van der Waals surface area contributed by atoms with Gasteiger partial charge in [-0.3, -0.25) is 9.59 Å². The minimum Gasteiger partial charge on any atom is -0.475 e. The summed E-state index contributed by atoms with van der Waals surface area (Å²) in [6.45, 7) is 6.57. The van der Waals surface area contributed by atoms with E-state index < -0.39 is 11.8 Å². The summed E-state index contributed by atoms with van der Waals surface area (Å²) in [4.78, 5) is 30.0. The topological polar surface area (TPSA) is 92.8 Å². The first-order chi connectivity index (χ1) is 12.4. The van der Waals surface area contributed by atoms with Crippen LogP contribution in [0.15, 0.2) is 18.3 Å². The molecule has 0 saturated heterocycles. The molecule has 8 nitrogen and oxygen atoms in total. The van der Waals surface area contributed by atoms with Crippen LogP contribution < -0.4 is 15.4 Å². The minimum atomic E-state index is -0.709.